The number of carbonyl (C=O) groups is 1. The number of benzene rings is 2. The van der Waals surface area contributed by atoms with Gasteiger partial charge in [0.1, 0.15) is 5.76 Å². The first kappa shape index (κ1) is 21.4. The summed E-state index contributed by atoms with van der Waals surface area (Å²) in [6.45, 7) is 3.34. The largest absolute Gasteiger partial charge is 0.456 e. The quantitative estimate of drug-likeness (QED) is 0.589. The highest BCUT2D eigenvalue weighted by Crippen LogP contribution is 2.31. The Bertz CT molecular complexity index is 1200. The summed E-state index contributed by atoms with van der Waals surface area (Å²) < 4.78 is 71.3. The van der Waals surface area contributed by atoms with E-state index < -0.39 is 27.7 Å². The molecule has 0 radical (unpaired) electrons. The normalized spacial score (nSPS) is 11.9. The molecule has 0 aliphatic heterocycles. The fourth-order valence-corrected chi connectivity index (χ4v) is 3.69. The summed E-state index contributed by atoms with van der Waals surface area (Å²) in [6.07, 6.45) is -4.60. The number of nitrogens with one attached hydrogen (secondary N) is 2. The van der Waals surface area contributed by atoms with Gasteiger partial charge >= 0.3 is 6.18 Å². The van der Waals surface area contributed by atoms with Crippen molar-refractivity contribution in [3.63, 3.8) is 0 Å². The van der Waals surface area contributed by atoms with Crippen LogP contribution < -0.4 is 10.0 Å². The van der Waals surface area contributed by atoms with Crippen LogP contribution in [0.5, 0.6) is 0 Å². The number of amides is 1. The number of hydrogen-bond donors (Lipinski definition) is 2. The number of alkyl halides is 3. The number of aryl methyl sites for hydroxylation is 2. The van der Waals surface area contributed by atoms with Crippen LogP contribution in [0.4, 0.5) is 24.5 Å². The third-order valence-corrected chi connectivity index (χ3v) is 5.55. The SMILES string of the molecule is Cc1ccc(C(=O)Nc2cc(S(=O)(=O)Nc3cccc(C(F)(F)F)c3)ccc2C)o1. The van der Waals surface area contributed by atoms with E-state index in [1.807, 2.05) is 0 Å². The first-order chi connectivity index (χ1) is 14.0. The van der Waals surface area contributed by atoms with E-state index in [1.54, 1.807) is 19.9 Å². The van der Waals surface area contributed by atoms with Crippen LogP contribution in [0.25, 0.3) is 0 Å². The Morgan fingerprint density at radius 2 is 1.73 bits per heavy atom. The Morgan fingerprint density at radius 3 is 2.37 bits per heavy atom. The lowest BCUT2D eigenvalue weighted by atomic mass is 10.2. The summed E-state index contributed by atoms with van der Waals surface area (Å²) in [6, 6.07) is 10.9. The average molecular weight is 438 g/mol. The smallest absolute Gasteiger partial charge is 0.416 e. The number of halogens is 3. The maximum absolute atomic E-state index is 12.9. The molecule has 2 N–H and O–H groups in total. The van der Waals surface area contributed by atoms with Crippen LogP contribution in [0, 0.1) is 13.8 Å². The molecular weight excluding hydrogens is 421 g/mol. The fourth-order valence-electron chi connectivity index (χ4n) is 2.62. The van der Waals surface area contributed by atoms with E-state index in [2.05, 4.69) is 10.0 Å². The lowest BCUT2D eigenvalue weighted by Crippen LogP contribution is -2.16. The van der Waals surface area contributed by atoms with E-state index in [9.17, 15) is 26.4 Å². The van der Waals surface area contributed by atoms with Crippen LogP contribution >= 0.6 is 0 Å². The first-order valence-corrected chi connectivity index (χ1v) is 10.1. The van der Waals surface area contributed by atoms with Gasteiger partial charge in [0, 0.05) is 11.4 Å². The van der Waals surface area contributed by atoms with Crippen LogP contribution in [-0.2, 0) is 16.2 Å². The van der Waals surface area contributed by atoms with Gasteiger partial charge in [-0.15, -0.1) is 0 Å². The van der Waals surface area contributed by atoms with Crippen molar-refractivity contribution in [1.29, 1.82) is 0 Å². The van der Waals surface area contributed by atoms with Gasteiger partial charge < -0.3 is 9.73 Å². The molecule has 0 spiro atoms. The highest BCUT2D eigenvalue weighted by atomic mass is 32.2. The van der Waals surface area contributed by atoms with E-state index in [0.29, 0.717) is 17.4 Å². The first-order valence-electron chi connectivity index (χ1n) is 8.64. The molecular formula is C20H17F3N2O4S. The molecule has 0 aliphatic rings. The Hall–Kier alpha value is -3.27. The molecule has 3 rings (SSSR count). The van der Waals surface area contributed by atoms with Gasteiger partial charge in [-0.1, -0.05) is 12.1 Å². The van der Waals surface area contributed by atoms with Crippen molar-refractivity contribution in [2.24, 2.45) is 0 Å². The van der Waals surface area contributed by atoms with Gasteiger partial charge in [-0.3, -0.25) is 9.52 Å². The molecule has 0 saturated carbocycles. The maximum Gasteiger partial charge on any atom is 0.416 e. The minimum atomic E-state index is -4.60. The molecule has 0 saturated heterocycles. The summed E-state index contributed by atoms with van der Waals surface area (Å²) in [7, 11) is -4.20. The Morgan fingerprint density at radius 1 is 1.00 bits per heavy atom. The average Bonchev–Trinajstić information content (AvgIpc) is 3.09. The van der Waals surface area contributed by atoms with E-state index in [4.69, 9.17) is 4.42 Å². The maximum atomic E-state index is 12.9. The van der Waals surface area contributed by atoms with Crippen LogP contribution in [0.2, 0.25) is 0 Å². The minimum absolute atomic E-state index is 0.0576. The molecule has 0 atom stereocenters. The second kappa shape index (κ2) is 7.86. The van der Waals surface area contributed by atoms with E-state index in [-0.39, 0.29) is 22.0 Å². The predicted molar refractivity (Wildman–Crippen MR) is 105 cm³/mol. The third kappa shape index (κ3) is 4.82. The molecule has 0 bridgehead atoms. The molecule has 1 heterocycles. The number of carbonyl (C=O) groups excluding carboxylic acids is 1. The van der Waals surface area contributed by atoms with Crippen LogP contribution in [0.3, 0.4) is 0 Å². The molecule has 0 fully saturated rings. The van der Waals surface area contributed by atoms with Crippen LogP contribution in [0.1, 0.15) is 27.4 Å². The summed E-state index contributed by atoms with van der Waals surface area (Å²) in [4.78, 5) is 12.1. The Labute approximate surface area is 170 Å². The summed E-state index contributed by atoms with van der Waals surface area (Å²) >= 11 is 0. The van der Waals surface area contributed by atoms with Gasteiger partial charge in [0.05, 0.1) is 10.5 Å². The number of rotatable bonds is 5. The van der Waals surface area contributed by atoms with Crippen LogP contribution in [0.15, 0.2) is 63.9 Å². The van der Waals surface area contributed by atoms with E-state index >= 15 is 0 Å². The van der Waals surface area contributed by atoms with Crippen molar-refractivity contribution >= 4 is 27.3 Å². The zero-order chi connectivity index (χ0) is 22.1. The van der Waals surface area contributed by atoms with Crippen molar-refractivity contribution in [1.82, 2.24) is 0 Å². The van der Waals surface area contributed by atoms with Crippen molar-refractivity contribution in [2.45, 2.75) is 24.9 Å². The van der Waals surface area contributed by atoms with Gasteiger partial charge in [-0.25, -0.2) is 8.42 Å². The molecule has 0 aliphatic carbocycles. The monoisotopic (exact) mass is 438 g/mol. The molecule has 1 amide bonds. The zero-order valence-corrected chi connectivity index (χ0v) is 16.7. The number of anilines is 2. The second-order valence-electron chi connectivity index (χ2n) is 6.53. The van der Waals surface area contributed by atoms with E-state index in [0.717, 1.165) is 12.1 Å². The summed E-state index contributed by atoms with van der Waals surface area (Å²) in [5.41, 5.74) is -0.402. The molecule has 6 nitrogen and oxygen atoms in total. The zero-order valence-electron chi connectivity index (χ0n) is 15.9. The third-order valence-electron chi connectivity index (χ3n) is 4.17. The van der Waals surface area contributed by atoms with Gasteiger partial charge in [0.15, 0.2) is 5.76 Å². The summed E-state index contributed by atoms with van der Waals surface area (Å²) in [5.74, 6) is 0.0346. The van der Waals surface area contributed by atoms with Crippen molar-refractivity contribution < 1.29 is 30.8 Å². The van der Waals surface area contributed by atoms with Gasteiger partial charge in [-0.05, 0) is 61.9 Å². The number of hydrogen-bond acceptors (Lipinski definition) is 4. The van der Waals surface area contributed by atoms with Gasteiger partial charge in [0.25, 0.3) is 15.9 Å². The molecule has 10 heteroatoms. The van der Waals surface area contributed by atoms with Crippen LogP contribution in [-0.4, -0.2) is 14.3 Å². The molecule has 158 valence electrons. The van der Waals surface area contributed by atoms with Crippen molar-refractivity contribution in [2.75, 3.05) is 10.0 Å². The predicted octanol–water partition coefficient (Wildman–Crippen LogP) is 4.97. The summed E-state index contributed by atoms with van der Waals surface area (Å²) in [5, 5.41) is 2.57. The molecule has 2 aromatic carbocycles. The van der Waals surface area contributed by atoms with Crippen molar-refractivity contribution in [3.8, 4) is 0 Å². The molecule has 0 unspecified atom stereocenters. The standard InChI is InChI=1S/C20H17F3N2O4S/c1-12-6-8-16(11-17(12)24-19(26)18-9-7-13(2)29-18)30(27,28)25-15-5-3-4-14(10-15)20(21,22)23/h3-11,25H,1-2H3,(H,24,26). The van der Waals surface area contributed by atoms with Gasteiger partial charge in [-0.2, -0.15) is 13.2 Å². The Kier molecular flexibility index (Phi) is 5.62. The fraction of sp³-hybridized carbons (Fsp3) is 0.150. The van der Waals surface area contributed by atoms with E-state index in [1.165, 1.54) is 30.3 Å². The lowest BCUT2D eigenvalue weighted by molar-refractivity contribution is -0.137. The highest BCUT2D eigenvalue weighted by Gasteiger charge is 2.30. The second-order valence-corrected chi connectivity index (χ2v) is 8.21. The van der Waals surface area contributed by atoms with Crippen molar-refractivity contribution in [3.05, 3.63) is 77.2 Å². The molecule has 1 aromatic heterocycles. The molecule has 3 aromatic rings. The Balaban J connectivity index is 1.86. The lowest BCUT2D eigenvalue weighted by Gasteiger charge is -2.13. The molecule has 30 heavy (non-hydrogen) atoms. The number of sulfonamides is 1. The highest BCUT2D eigenvalue weighted by molar-refractivity contribution is 7.92. The van der Waals surface area contributed by atoms with Gasteiger partial charge in [0.2, 0.25) is 0 Å². The number of furan rings is 1. The topological polar surface area (TPSA) is 88.4 Å². The minimum Gasteiger partial charge on any atom is -0.456 e.